The average molecular weight is 237 g/mol. The van der Waals surface area contributed by atoms with Crippen LogP contribution in [0.3, 0.4) is 0 Å². The van der Waals surface area contributed by atoms with Crippen molar-refractivity contribution in [1.29, 1.82) is 0 Å². The predicted octanol–water partition coefficient (Wildman–Crippen LogP) is 0.651. The third-order valence-corrected chi connectivity index (χ3v) is 1.84. The summed E-state index contributed by atoms with van der Waals surface area (Å²) >= 11 is 0. The van der Waals surface area contributed by atoms with Gasteiger partial charge in [0.25, 0.3) is 5.78 Å². The van der Waals surface area contributed by atoms with Crippen molar-refractivity contribution in [2.75, 3.05) is 6.61 Å². The van der Waals surface area contributed by atoms with Gasteiger partial charge in [0.15, 0.2) is 5.69 Å². The summed E-state index contributed by atoms with van der Waals surface area (Å²) in [4.78, 5) is 10.7. The number of rotatable bonds is 4. The van der Waals surface area contributed by atoms with E-state index in [0.29, 0.717) is 0 Å². The number of aliphatic hydroxyl groups excluding tert-OH is 1. The Bertz CT molecular complexity index is 375. The minimum absolute atomic E-state index is 0.123. The van der Waals surface area contributed by atoms with E-state index < -0.39 is 17.7 Å². The van der Waals surface area contributed by atoms with E-state index in [0.717, 1.165) is 10.9 Å². The Morgan fingerprint density at radius 1 is 1.62 bits per heavy atom. The number of ketones is 1. The molecule has 1 rings (SSSR count). The fraction of sp³-hybridized carbons (Fsp3) is 0.625. The van der Waals surface area contributed by atoms with Crippen LogP contribution in [0.1, 0.15) is 17.4 Å². The van der Waals surface area contributed by atoms with Crippen LogP contribution in [0, 0.1) is 5.92 Å². The topological polar surface area (TPSA) is 68.0 Å². The quantitative estimate of drug-likeness (QED) is 0.781. The minimum atomic E-state index is -4.94. The number of carbonyl (C=O) groups is 1. The molecule has 0 radical (unpaired) electrons. The third kappa shape index (κ3) is 3.02. The van der Waals surface area contributed by atoms with Crippen LogP contribution >= 0.6 is 0 Å². The first kappa shape index (κ1) is 12.6. The molecule has 0 aliphatic rings. The second-order valence-corrected chi connectivity index (χ2v) is 3.44. The highest BCUT2D eigenvalue weighted by Gasteiger charge is 2.41. The molecule has 1 N–H and O–H groups in total. The lowest BCUT2D eigenvalue weighted by atomic mass is 10.2. The maximum Gasteiger partial charge on any atom is 0.456 e. The molecule has 0 bridgehead atoms. The molecule has 0 aliphatic heterocycles. The Balaban J connectivity index is 2.76. The Morgan fingerprint density at radius 2 is 2.25 bits per heavy atom. The number of aliphatic hydroxyl groups is 1. The van der Waals surface area contributed by atoms with E-state index >= 15 is 0 Å². The lowest BCUT2D eigenvalue weighted by Gasteiger charge is -2.05. The van der Waals surface area contributed by atoms with Crippen molar-refractivity contribution in [1.82, 2.24) is 15.0 Å². The van der Waals surface area contributed by atoms with Crippen molar-refractivity contribution < 1.29 is 23.1 Å². The molecule has 1 aromatic rings. The van der Waals surface area contributed by atoms with Gasteiger partial charge in [-0.3, -0.25) is 9.48 Å². The highest BCUT2D eigenvalue weighted by molar-refractivity contribution is 5.98. The lowest BCUT2D eigenvalue weighted by molar-refractivity contribution is -0.0888. The van der Waals surface area contributed by atoms with Gasteiger partial charge in [-0.1, -0.05) is 12.1 Å². The first-order chi connectivity index (χ1) is 7.34. The molecular weight excluding hydrogens is 227 g/mol. The van der Waals surface area contributed by atoms with Crippen LogP contribution in [0.4, 0.5) is 13.2 Å². The maximum absolute atomic E-state index is 12.0. The SMILES string of the molecule is CC(CO)Cn1cc(C(=O)C(F)(F)F)nn1. The Morgan fingerprint density at radius 3 is 2.75 bits per heavy atom. The molecule has 0 saturated carbocycles. The fourth-order valence-electron chi connectivity index (χ4n) is 1.01. The molecule has 0 amide bonds. The van der Waals surface area contributed by atoms with Crippen molar-refractivity contribution in [3.63, 3.8) is 0 Å². The summed E-state index contributed by atoms with van der Waals surface area (Å²) in [6, 6.07) is 0. The molecule has 0 aromatic carbocycles. The second-order valence-electron chi connectivity index (χ2n) is 3.44. The van der Waals surface area contributed by atoms with Crippen LogP contribution in [0.2, 0.25) is 0 Å². The van der Waals surface area contributed by atoms with Crippen molar-refractivity contribution >= 4 is 5.78 Å². The molecule has 16 heavy (non-hydrogen) atoms. The van der Waals surface area contributed by atoms with Crippen LogP contribution in [0.5, 0.6) is 0 Å². The first-order valence-electron chi connectivity index (χ1n) is 4.47. The van der Waals surface area contributed by atoms with Gasteiger partial charge in [0.2, 0.25) is 0 Å². The van der Waals surface area contributed by atoms with Crippen LogP contribution in [-0.2, 0) is 6.54 Å². The van der Waals surface area contributed by atoms with Gasteiger partial charge in [-0.15, -0.1) is 5.10 Å². The van der Waals surface area contributed by atoms with E-state index in [1.54, 1.807) is 6.92 Å². The Hall–Kier alpha value is -1.44. The highest BCUT2D eigenvalue weighted by atomic mass is 19.4. The molecule has 5 nitrogen and oxygen atoms in total. The van der Waals surface area contributed by atoms with Crippen molar-refractivity contribution in [3.8, 4) is 0 Å². The predicted molar refractivity (Wildman–Crippen MR) is 46.7 cm³/mol. The molecule has 0 fully saturated rings. The number of aromatic nitrogens is 3. The summed E-state index contributed by atoms with van der Waals surface area (Å²) in [7, 11) is 0. The second kappa shape index (κ2) is 4.60. The third-order valence-electron chi connectivity index (χ3n) is 1.84. The van der Waals surface area contributed by atoms with Gasteiger partial charge >= 0.3 is 6.18 Å². The number of Topliss-reactive ketones (excluding diaryl/α,β-unsaturated/α-hetero) is 1. The number of halogens is 3. The van der Waals surface area contributed by atoms with Crippen molar-refractivity contribution in [2.45, 2.75) is 19.6 Å². The molecule has 1 aromatic heterocycles. The van der Waals surface area contributed by atoms with Crippen LogP contribution in [0.15, 0.2) is 6.20 Å². The van der Waals surface area contributed by atoms with E-state index in [2.05, 4.69) is 10.3 Å². The molecule has 0 aliphatic carbocycles. The summed E-state index contributed by atoms with van der Waals surface area (Å²) in [6.45, 7) is 1.77. The summed E-state index contributed by atoms with van der Waals surface area (Å²) < 4.78 is 37.1. The molecule has 90 valence electrons. The largest absolute Gasteiger partial charge is 0.456 e. The van der Waals surface area contributed by atoms with Gasteiger partial charge in [0.05, 0.1) is 6.20 Å². The summed E-state index contributed by atoms with van der Waals surface area (Å²) in [5.41, 5.74) is -0.738. The minimum Gasteiger partial charge on any atom is -0.396 e. The molecule has 1 heterocycles. The molecule has 0 spiro atoms. The number of hydrogen-bond acceptors (Lipinski definition) is 4. The fourth-order valence-corrected chi connectivity index (χ4v) is 1.01. The van der Waals surface area contributed by atoms with Gasteiger partial charge in [-0.05, 0) is 5.92 Å². The molecule has 8 heteroatoms. The van der Waals surface area contributed by atoms with E-state index in [4.69, 9.17) is 5.11 Å². The normalized spacial score (nSPS) is 13.8. The van der Waals surface area contributed by atoms with Gasteiger partial charge < -0.3 is 5.11 Å². The number of carbonyl (C=O) groups excluding carboxylic acids is 1. The monoisotopic (exact) mass is 237 g/mol. The van der Waals surface area contributed by atoms with E-state index in [-0.39, 0.29) is 19.1 Å². The highest BCUT2D eigenvalue weighted by Crippen LogP contribution is 2.19. The van der Waals surface area contributed by atoms with Gasteiger partial charge in [0.1, 0.15) is 0 Å². The zero-order chi connectivity index (χ0) is 12.3. The Kier molecular flexibility index (Phi) is 3.63. The molecular formula is C8H10F3N3O2. The lowest BCUT2D eigenvalue weighted by Crippen LogP contribution is -2.23. The zero-order valence-corrected chi connectivity index (χ0v) is 8.40. The molecule has 0 saturated heterocycles. The standard InChI is InChI=1S/C8H10F3N3O2/c1-5(4-15)2-14-3-6(12-13-14)7(16)8(9,10)11/h3,5,15H,2,4H2,1H3. The van der Waals surface area contributed by atoms with Crippen molar-refractivity contribution in [2.24, 2.45) is 5.92 Å². The molecule has 1 unspecified atom stereocenters. The smallest absolute Gasteiger partial charge is 0.396 e. The van der Waals surface area contributed by atoms with Crippen LogP contribution in [0.25, 0.3) is 0 Å². The van der Waals surface area contributed by atoms with E-state index in [1.807, 2.05) is 0 Å². The summed E-state index contributed by atoms with van der Waals surface area (Å²) in [5, 5.41) is 15.2. The van der Waals surface area contributed by atoms with E-state index in [9.17, 15) is 18.0 Å². The number of alkyl halides is 3. The summed E-state index contributed by atoms with van der Waals surface area (Å²) in [5.74, 6) is -2.19. The maximum atomic E-state index is 12.0. The molecule has 1 atom stereocenters. The van der Waals surface area contributed by atoms with E-state index in [1.165, 1.54) is 0 Å². The number of nitrogens with zero attached hydrogens (tertiary/aromatic N) is 3. The van der Waals surface area contributed by atoms with Crippen LogP contribution in [-0.4, -0.2) is 38.7 Å². The van der Waals surface area contributed by atoms with Gasteiger partial charge in [0, 0.05) is 13.2 Å². The Labute approximate surface area is 88.9 Å². The zero-order valence-electron chi connectivity index (χ0n) is 8.40. The summed E-state index contributed by atoms with van der Waals surface area (Å²) in [6.07, 6.45) is -4.02. The van der Waals surface area contributed by atoms with Crippen molar-refractivity contribution in [3.05, 3.63) is 11.9 Å². The van der Waals surface area contributed by atoms with Gasteiger partial charge in [-0.25, -0.2) is 0 Å². The van der Waals surface area contributed by atoms with Gasteiger partial charge in [-0.2, -0.15) is 13.2 Å². The first-order valence-corrected chi connectivity index (χ1v) is 4.47. The average Bonchev–Trinajstić information content (AvgIpc) is 2.63. The van der Waals surface area contributed by atoms with Crippen LogP contribution < -0.4 is 0 Å². The number of hydrogen-bond donors (Lipinski definition) is 1.